The molecule has 2 rings (SSSR count). The van der Waals surface area contributed by atoms with Crippen LogP contribution in [0, 0.1) is 5.82 Å². The van der Waals surface area contributed by atoms with Gasteiger partial charge in [-0.05, 0) is 31.5 Å². The Morgan fingerprint density at radius 2 is 2.27 bits per heavy atom. The summed E-state index contributed by atoms with van der Waals surface area (Å²) in [5.41, 5.74) is 0.356. The Bertz CT molecular complexity index is 364. The lowest BCUT2D eigenvalue weighted by atomic mass is 9.90. The number of piperidine rings is 1. The quantitative estimate of drug-likeness (QED) is 0.776. The van der Waals surface area contributed by atoms with E-state index in [4.69, 9.17) is 11.6 Å². The smallest absolute Gasteiger partial charge is 0.148 e. The van der Waals surface area contributed by atoms with Crippen LogP contribution in [-0.2, 0) is 0 Å². The first kappa shape index (κ1) is 10.7. The standard InChI is InChI=1S/C11H13ClFNO/c12-8-3-4-9(15)10(11(8)13)7-2-1-5-14-6-7/h3-4,7,14-15H,1-2,5-6H2. The molecule has 1 atom stereocenters. The Morgan fingerprint density at radius 3 is 2.93 bits per heavy atom. The zero-order valence-corrected chi connectivity index (χ0v) is 9.02. The van der Waals surface area contributed by atoms with E-state index in [0.717, 1.165) is 19.4 Å². The van der Waals surface area contributed by atoms with E-state index in [-0.39, 0.29) is 16.7 Å². The van der Waals surface area contributed by atoms with E-state index in [0.29, 0.717) is 12.1 Å². The lowest BCUT2D eigenvalue weighted by Crippen LogP contribution is -2.28. The van der Waals surface area contributed by atoms with Crippen molar-refractivity contribution in [1.29, 1.82) is 0 Å². The van der Waals surface area contributed by atoms with Gasteiger partial charge in [-0.2, -0.15) is 0 Å². The van der Waals surface area contributed by atoms with Crippen LogP contribution < -0.4 is 5.32 Å². The summed E-state index contributed by atoms with van der Waals surface area (Å²) < 4.78 is 13.7. The number of hydrogen-bond acceptors (Lipinski definition) is 2. The second-order valence-corrected chi connectivity index (χ2v) is 4.24. The Balaban J connectivity index is 2.36. The molecule has 82 valence electrons. The van der Waals surface area contributed by atoms with Crippen LogP contribution in [0.2, 0.25) is 5.02 Å². The van der Waals surface area contributed by atoms with Gasteiger partial charge in [-0.25, -0.2) is 4.39 Å². The molecule has 1 aromatic rings. The molecule has 0 aliphatic carbocycles. The molecule has 0 bridgehead atoms. The molecule has 1 aliphatic heterocycles. The summed E-state index contributed by atoms with van der Waals surface area (Å²) in [7, 11) is 0. The van der Waals surface area contributed by atoms with E-state index in [9.17, 15) is 9.50 Å². The van der Waals surface area contributed by atoms with Crippen molar-refractivity contribution < 1.29 is 9.50 Å². The molecule has 0 spiro atoms. The minimum Gasteiger partial charge on any atom is -0.508 e. The highest BCUT2D eigenvalue weighted by atomic mass is 35.5. The van der Waals surface area contributed by atoms with Crippen molar-refractivity contribution in [3.63, 3.8) is 0 Å². The second kappa shape index (κ2) is 4.37. The van der Waals surface area contributed by atoms with Gasteiger partial charge in [0.05, 0.1) is 5.02 Å². The predicted molar refractivity (Wildman–Crippen MR) is 57.9 cm³/mol. The summed E-state index contributed by atoms with van der Waals surface area (Å²) in [6.45, 7) is 1.66. The second-order valence-electron chi connectivity index (χ2n) is 3.84. The Kier molecular flexibility index (Phi) is 3.12. The third-order valence-corrected chi connectivity index (χ3v) is 3.11. The highest BCUT2D eigenvalue weighted by Gasteiger charge is 2.23. The maximum atomic E-state index is 13.7. The summed E-state index contributed by atoms with van der Waals surface area (Å²) in [5, 5.41) is 12.9. The van der Waals surface area contributed by atoms with Gasteiger partial charge in [0.25, 0.3) is 0 Å². The minimum absolute atomic E-state index is 0.00519. The molecule has 2 nitrogen and oxygen atoms in total. The molecular formula is C11H13ClFNO. The van der Waals surface area contributed by atoms with Gasteiger partial charge in [0, 0.05) is 18.0 Å². The van der Waals surface area contributed by atoms with Gasteiger partial charge in [-0.15, -0.1) is 0 Å². The molecule has 1 heterocycles. The van der Waals surface area contributed by atoms with Crippen molar-refractivity contribution >= 4 is 11.6 Å². The van der Waals surface area contributed by atoms with Crippen LogP contribution in [0.5, 0.6) is 5.75 Å². The van der Waals surface area contributed by atoms with Crippen molar-refractivity contribution in [3.8, 4) is 5.75 Å². The third kappa shape index (κ3) is 2.08. The summed E-state index contributed by atoms with van der Waals surface area (Å²) in [5.74, 6) is -0.451. The maximum Gasteiger partial charge on any atom is 0.148 e. The van der Waals surface area contributed by atoms with E-state index in [1.54, 1.807) is 0 Å². The molecule has 1 unspecified atom stereocenters. The van der Waals surface area contributed by atoms with Gasteiger partial charge >= 0.3 is 0 Å². The van der Waals surface area contributed by atoms with Crippen molar-refractivity contribution in [1.82, 2.24) is 5.32 Å². The SMILES string of the molecule is Oc1ccc(Cl)c(F)c1C1CCCNC1. The summed E-state index contributed by atoms with van der Waals surface area (Å²) >= 11 is 5.70. The molecule has 2 N–H and O–H groups in total. The summed E-state index contributed by atoms with van der Waals surface area (Å²) in [4.78, 5) is 0. The topological polar surface area (TPSA) is 32.3 Å². The fraction of sp³-hybridized carbons (Fsp3) is 0.455. The largest absolute Gasteiger partial charge is 0.508 e. The van der Waals surface area contributed by atoms with Crippen LogP contribution in [0.15, 0.2) is 12.1 Å². The van der Waals surface area contributed by atoms with Crippen LogP contribution in [0.1, 0.15) is 24.3 Å². The van der Waals surface area contributed by atoms with Crippen LogP contribution in [-0.4, -0.2) is 18.2 Å². The molecule has 0 radical (unpaired) electrons. The number of benzene rings is 1. The van der Waals surface area contributed by atoms with Crippen LogP contribution in [0.3, 0.4) is 0 Å². The van der Waals surface area contributed by atoms with E-state index >= 15 is 0 Å². The Morgan fingerprint density at radius 1 is 1.47 bits per heavy atom. The first-order chi connectivity index (χ1) is 7.20. The van der Waals surface area contributed by atoms with Crippen molar-refractivity contribution in [2.75, 3.05) is 13.1 Å². The molecule has 1 fully saturated rings. The third-order valence-electron chi connectivity index (χ3n) is 2.81. The lowest BCUT2D eigenvalue weighted by Gasteiger charge is -2.24. The molecule has 15 heavy (non-hydrogen) atoms. The summed E-state index contributed by atoms with van der Waals surface area (Å²) in [6.07, 6.45) is 1.88. The van der Waals surface area contributed by atoms with Crippen LogP contribution in [0.4, 0.5) is 4.39 Å². The Hall–Kier alpha value is -0.800. The average molecular weight is 230 g/mol. The predicted octanol–water partition coefficient (Wildman–Crippen LogP) is 2.65. The minimum atomic E-state index is -0.481. The van der Waals surface area contributed by atoms with Gasteiger partial charge in [-0.1, -0.05) is 11.6 Å². The zero-order valence-electron chi connectivity index (χ0n) is 8.26. The average Bonchev–Trinajstić information content (AvgIpc) is 2.26. The number of nitrogens with one attached hydrogen (secondary N) is 1. The van der Waals surface area contributed by atoms with Gasteiger partial charge < -0.3 is 10.4 Å². The fourth-order valence-corrected chi connectivity index (χ4v) is 2.21. The van der Waals surface area contributed by atoms with Gasteiger partial charge in [0.2, 0.25) is 0 Å². The van der Waals surface area contributed by atoms with Crippen molar-refractivity contribution in [2.45, 2.75) is 18.8 Å². The molecule has 1 saturated heterocycles. The molecule has 1 aliphatic rings. The molecule has 0 saturated carbocycles. The maximum absolute atomic E-state index is 13.7. The normalized spacial score (nSPS) is 21.6. The molecule has 4 heteroatoms. The van der Waals surface area contributed by atoms with Gasteiger partial charge in [0.1, 0.15) is 11.6 Å². The first-order valence-corrected chi connectivity index (χ1v) is 5.45. The number of aromatic hydroxyl groups is 1. The first-order valence-electron chi connectivity index (χ1n) is 5.07. The van der Waals surface area contributed by atoms with E-state index in [1.165, 1.54) is 12.1 Å². The van der Waals surface area contributed by atoms with Gasteiger partial charge in [0.15, 0.2) is 0 Å². The number of hydrogen-bond donors (Lipinski definition) is 2. The lowest BCUT2D eigenvalue weighted by molar-refractivity contribution is 0.410. The number of phenols is 1. The summed E-state index contributed by atoms with van der Waals surface area (Å²) in [6, 6.07) is 2.83. The number of phenolic OH excluding ortho intramolecular Hbond substituents is 1. The highest BCUT2D eigenvalue weighted by molar-refractivity contribution is 6.30. The number of halogens is 2. The van der Waals surface area contributed by atoms with Crippen LogP contribution in [0.25, 0.3) is 0 Å². The molecule has 0 amide bonds. The Labute approximate surface area is 93.1 Å². The van der Waals surface area contributed by atoms with Crippen molar-refractivity contribution in [3.05, 3.63) is 28.5 Å². The highest BCUT2D eigenvalue weighted by Crippen LogP contribution is 2.35. The number of rotatable bonds is 1. The van der Waals surface area contributed by atoms with E-state index in [1.807, 2.05) is 0 Å². The monoisotopic (exact) mass is 229 g/mol. The van der Waals surface area contributed by atoms with Crippen LogP contribution >= 0.6 is 11.6 Å². The molecule has 0 aromatic heterocycles. The zero-order chi connectivity index (χ0) is 10.8. The van der Waals surface area contributed by atoms with E-state index < -0.39 is 5.82 Å². The molecular weight excluding hydrogens is 217 g/mol. The van der Waals surface area contributed by atoms with Gasteiger partial charge in [-0.3, -0.25) is 0 Å². The fourth-order valence-electron chi connectivity index (χ4n) is 2.04. The molecule has 1 aromatic carbocycles. The van der Waals surface area contributed by atoms with E-state index in [2.05, 4.69) is 5.32 Å². The van der Waals surface area contributed by atoms with Crippen molar-refractivity contribution in [2.24, 2.45) is 0 Å².